The zero-order valence-corrected chi connectivity index (χ0v) is 8.80. The number of rotatable bonds is 1. The second-order valence-electron chi connectivity index (χ2n) is 4.98. The predicted molar refractivity (Wildman–Crippen MR) is 55.4 cm³/mol. The Balaban J connectivity index is 1.66. The van der Waals surface area contributed by atoms with Gasteiger partial charge in [0.15, 0.2) is 0 Å². The summed E-state index contributed by atoms with van der Waals surface area (Å²) < 4.78 is 6.03. The van der Waals surface area contributed by atoms with Gasteiger partial charge in [-0.1, -0.05) is 0 Å². The number of nitrogens with one attached hydrogen (secondary N) is 1. The van der Waals surface area contributed by atoms with Crippen LogP contribution in [0, 0.1) is 0 Å². The molecule has 0 amide bonds. The number of hydrogen-bond donors (Lipinski definition) is 1. The van der Waals surface area contributed by atoms with Crippen LogP contribution in [-0.2, 0) is 4.74 Å². The number of ether oxygens (including phenoxy) is 1. The predicted octanol–water partition coefficient (Wildman–Crippen LogP) is 0.603. The minimum atomic E-state index is 0.214. The molecule has 3 rings (SSSR count). The molecule has 0 aromatic carbocycles. The molecule has 0 aromatic heterocycles. The molecular formula is C11H20N2O. The van der Waals surface area contributed by atoms with Gasteiger partial charge in [0.05, 0.1) is 12.2 Å². The van der Waals surface area contributed by atoms with Gasteiger partial charge < -0.3 is 10.1 Å². The first-order valence-corrected chi connectivity index (χ1v) is 5.97. The van der Waals surface area contributed by atoms with Gasteiger partial charge in [0, 0.05) is 19.1 Å². The molecular weight excluding hydrogens is 176 g/mol. The van der Waals surface area contributed by atoms with Crippen molar-refractivity contribution in [3.05, 3.63) is 0 Å². The van der Waals surface area contributed by atoms with Crippen LogP contribution in [0.4, 0.5) is 0 Å². The first-order valence-electron chi connectivity index (χ1n) is 5.97. The molecule has 3 aliphatic rings. The normalized spacial score (nSPS) is 33.4. The van der Waals surface area contributed by atoms with Crippen LogP contribution in [-0.4, -0.2) is 49.3 Å². The molecule has 1 spiro atoms. The Hall–Kier alpha value is -0.120. The number of hydrogen-bond acceptors (Lipinski definition) is 3. The third-order valence-corrected chi connectivity index (χ3v) is 3.86. The largest absolute Gasteiger partial charge is 0.372 e. The summed E-state index contributed by atoms with van der Waals surface area (Å²) in [5.41, 5.74) is 0.214. The second-order valence-corrected chi connectivity index (χ2v) is 4.98. The molecule has 0 radical (unpaired) electrons. The molecule has 1 N–H and O–H groups in total. The van der Waals surface area contributed by atoms with E-state index in [0.29, 0.717) is 0 Å². The van der Waals surface area contributed by atoms with Crippen molar-refractivity contribution in [1.29, 1.82) is 0 Å². The summed E-state index contributed by atoms with van der Waals surface area (Å²) in [6.07, 6.45) is 5.26. The lowest BCUT2D eigenvalue weighted by molar-refractivity contribution is -0.125. The summed E-state index contributed by atoms with van der Waals surface area (Å²) in [4.78, 5) is 2.66. The van der Waals surface area contributed by atoms with E-state index in [1.54, 1.807) is 0 Å². The van der Waals surface area contributed by atoms with E-state index < -0.39 is 0 Å². The monoisotopic (exact) mass is 196 g/mol. The minimum Gasteiger partial charge on any atom is -0.372 e. The van der Waals surface area contributed by atoms with Gasteiger partial charge in [0.2, 0.25) is 0 Å². The third-order valence-electron chi connectivity index (χ3n) is 3.86. The second kappa shape index (κ2) is 3.47. The summed E-state index contributed by atoms with van der Waals surface area (Å²) in [5.74, 6) is 0. The van der Waals surface area contributed by atoms with Crippen molar-refractivity contribution in [3.8, 4) is 0 Å². The molecule has 1 aliphatic carbocycles. The van der Waals surface area contributed by atoms with E-state index in [1.807, 2.05) is 0 Å². The summed E-state index contributed by atoms with van der Waals surface area (Å²) in [6, 6.07) is 0.908. The van der Waals surface area contributed by atoms with E-state index in [1.165, 1.54) is 38.8 Å². The fraction of sp³-hybridized carbons (Fsp3) is 1.00. The summed E-state index contributed by atoms with van der Waals surface area (Å²) in [7, 11) is 0. The third kappa shape index (κ3) is 1.69. The molecule has 0 bridgehead atoms. The van der Waals surface area contributed by atoms with Crippen molar-refractivity contribution in [1.82, 2.24) is 10.2 Å². The summed E-state index contributed by atoms with van der Waals surface area (Å²) >= 11 is 0. The molecule has 2 saturated heterocycles. The first-order chi connectivity index (χ1) is 6.88. The average Bonchev–Trinajstić information content (AvgIpc) is 3.02. The molecule has 0 atom stereocenters. The highest BCUT2D eigenvalue weighted by molar-refractivity contribution is 4.96. The Morgan fingerprint density at radius 2 is 2.00 bits per heavy atom. The molecule has 3 fully saturated rings. The summed E-state index contributed by atoms with van der Waals surface area (Å²) in [5, 5.41) is 3.42. The van der Waals surface area contributed by atoms with Crippen molar-refractivity contribution >= 4 is 0 Å². The van der Waals surface area contributed by atoms with Gasteiger partial charge in [-0.3, -0.25) is 4.90 Å². The molecule has 0 unspecified atom stereocenters. The molecule has 3 heteroatoms. The molecule has 0 aromatic rings. The Bertz CT molecular complexity index is 204. The molecule has 1 saturated carbocycles. The zero-order valence-electron chi connectivity index (χ0n) is 8.80. The quantitative estimate of drug-likeness (QED) is 0.665. The van der Waals surface area contributed by atoms with Gasteiger partial charge in [-0.05, 0) is 38.8 Å². The van der Waals surface area contributed by atoms with Crippen molar-refractivity contribution in [2.75, 3.05) is 32.8 Å². The SMILES string of the molecule is C1CC2(CCN1)CN(C1CC1)CCO2. The molecule has 2 aliphatic heterocycles. The van der Waals surface area contributed by atoms with Crippen molar-refractivity contribution < 1.29 is 4.74 Å². The van der Waals surface area contributed by atoms with E-state index in [-0.39, 0.29) is 5.60 Å². The average molecular weight is 196 g/mol. The lowest BCUT2D eigenvalue weighted by Gasteiger charge is -2.45. The Morgan fingerprint density at radius 3 is 2.71 bits per heavy atom. The van der Waals surface area contributed by atoms with Gasteiger partial charge in [-0.15, -0.1) is 0 Å². The Morgan fingerprint density at radius 1 is 1.21 bits per heavy atom. The highest BCUT2D eigenvalue weighted by atomic mass is 16.5. The van der Waals surface area contributed by atoms with Gasteiger partial charge in [-0.2, -0.15) is 0 Å². The van der Waals surface area contributed by atoms with Crippen molar-refractivity contribution in [2.45, 2.75) is 37.3 Å². The van der Waals surface area contributed by atoms with Crippen LogP contribution < -0.4 is 5.32 Å². The standard InChI is InChI=1S/C11H20N2O/c1-2-10(1)13-7-8-14-11(9-13)3-5-12-6-4-11/h10,12H,1-9H2. The maximum absolute atomic E-state index is 6.03. The van der Waals surface area contributed by atoms with Crippen molar-refractivity contribution in [3.63, 3.8) is 0 Å². The fourth-order valence-corrected chi connectivity index (χ4v) is 2.81. The fourth-order valence-electron chi connectivity index (χ4n) is 2.81. The smallest absolute Gasteiger partial charge is 0.0833 e. The first kappa shape index (κ1) is 9.13. The van der Waals surface area contributed by atoms with E-state index >= 15 is 0 Å². The molecule has 80 valence electrons. The minimum absolute atomic E-state index is 0.214. The van der Waals surface area contributed by atoms with Crippen LogP contribution in [0.2, 0.25) is 0 Å². The van der Waals surface area contributed by atoms with Crippen molar-refractivity contribution in [2.24, 2.45) is 0 Å². The van der Waals surface area contributed by atoms with Gasteiger partial charge in [0.1, 0.15) is 0 Å². The highest BCUT2D eigenvalue weighted by Gasteiger charge is 2.41. The van der Waals surface area contributed by atoms with Gasteiger partial charge in [-0.25, -0.2) is 0 Å². The molecule has 14 heavy (non-hydrogen) atoms. The van der Waals surface area contributed by atoms with Crippen LogP contribution in [0.3, 0.4) is 0 Å². The number of piperidine rings is 1. The topological polar surface area (TPSA) is 24.5 Å². The van der Waals surface area contributed by atoms with Crippen LogP contribution >= 0.6 is 0 Å². The zero-order chi connectivity index (χ0) is 9.43. The van der Waals surface area contributed by atoms with E-state index in [2.05, 4.69) is 10.2 Å². The van der Waals surface area contributed by atoms with Crippen LogP contribution in [0.25, 0.3) is 0 Å². The maximum Gasteiger partial charge on any atom is 0.0833 e. The molecule has 3 nitrogen and oxygen atoms in total. The van der Waals surface area contributed by atoms with Gasteiger partial charge >= 0.3 is 0 Å². The summed E-state index contributed by atoms with van der Waals surface area (Å²) in [6.45, 7) is 5.59. The molecule has 2 heterocycles. The van der Waals surface area contributed by atoms with E-state index in [4.69, 9.17) is 4.74 Å². The van der Waals surface area contributed by atoms with E-state index in [0.717, 1.165) is 25.7 Å². The highest BCUT2D eigenvalue weighted by Crippen LogP contribution is 2.34. The number of nitrogens with zero attached hydrogens (tertiary/aromatic N) is 1. The number of morpholine rings is 1. The lowest BCUT2D eigenvalue weighted by atomic mass is 9.90. The maximum atomic E-state index is 6.03. The van der Waals surface area contributed by atoms with Crippen LogP contribution in [0.15, 0.2) is 0 Å². The Kier molecular flexibility index (Phi) is 2.26. The lowest BCUT2D eigenvalue weighted by Crippen LogP contribution is -2.56. The van der Waals surface area contributed by atoms with E-state index in [9.17, 15) is 0 Å². The Labute approximate surface area is 85.8 Å². The van der Waals surface area contributed by atoms with Crippen LogP contribution in [0.5, 0.6) is 0 Å². The van der Waals surface area contributed by atoms with Crippen LogP contribution in [0.1, 0.15) is 25.7 Å². The van der Waals surface area contributed by atoms with Gasteiger partial charge in [0.25, 0.3) is 0 Å².